The van der Waals surface area contributed by atoms with Gasteiger partial charge >= 0.3 is 17.4 Å². The Hall–Kier alpha value is -3.50. The van der Waals surface area contributed by atoms with Gasteiger partial charge in [0.2, 0.25) is 0 Å². The van der Waals surface area contributed by atoms with Gasteiger partial charge in [-0.25, -0.2) is 17.8 Å². The number of rotatable bonds is 4. The monoisotopic (exact) mass is 493 g/mol. The normalized spacial score (nSPS) is 11.3. The summed E-state index contributed by atoms with van der Waals surface area (Å²) in [5.41, 5.74) is -2.97. The van der Waals surface area contributed by atoms with Crippen LogP contribution in [0.4, 0.5) is 13.2 Å². The predicted molar refractivity (Wildman–Crippen MR) is 119 cm³/mol. The summed E-state index contributed by atoms with van der Waals surface area (Å²) in [6.45, 7) is 0. The van der Waals surface area contributed by atoms with E-state index in [1.165, 1.54) is 0 Å². The van der Waals surface area contributed by atoms with Crippen LogP contribution >= 0.6 is 0 Å². The van der Waals surface area contributed by atoms with Gasteiger partial charge in [0.05, 0.1) is 5.56 Å². The third-order valence-electron chi connectivity index (χ3n) is 4.44. The van der Waals surface area contributed by atoms with Crippen LogP contribution in [0.15, 0.2) is 91.0 Å². The number of ether oxygens (including phenoxy) is 1. The number of carbonyl (C=O) groups is 1. The van der Waals surface area contributed by atoms with Crippen LogP contribution in [0.3, 0.4) is 0 Å². The average Bonchev–Trinajstić information content (AvgIpc) is 2.79. The van der Waals surface area contributed by atoms with Crippen LogP contribution in [0.2, 0.25) is 0 Å². The summed E-state index contributed by atoms with van der Waals surface area (Å²) in [7, 11) is -2.30. The van der Waals surface area contributed by atoms with E-state index in [0.717, 1.165) is 11.1 Å². The fourth-order valence-electron chi connectivity index (χ4n) is 2.91. The lowest BCUT2D eigenvalue weighted by Gasteiger charge is -2.17. The Morgan fingerprint density at radius 1 is 0.824 bits per heavy atom. The zero-order valence-corrected chi connectivity index (χ0v) is 19.1. The lowest BCUT2D eigenvalue weighted by Crippen LogP contribution is -2.28. The molecule has 0 radical (unpaired) electrons. The fraction of sp³-hybridized carbons (Fsp3) is 0.167. The van der Waals surface area contributed by atoms with Crippen LogP contribution in [-0.2, 0) is 14.9 Å². The Morgan fingerprint density at radius 2 is 1.18 bits per heavy atom. The summed E-state index contributed by atoms with van der Waals surface area (Å²) in [4.78, 5) is 12.7. The fourth-order valence-corrected chi connectivity index (χ4v) is 2.91. The molecule has 0 amide bonds. The molecule has 3 aromatic carbocycles. The van der Waals surface area contributed by atoms with Gasteiger partial charge in [0.1, 0.15) is 20.0 Å². The van der Waals surface area contributed by atoms with Gasteiger partial charge in [-0.15, -0.1) is 0 Å². The molecule has 10 heteroatoms. The second kappa shape index (κ2) is 11.6. The number of halogens is 3. The third-order valence-corrected chi connectivity index (χ3v) is 5.01. The number of benzene rings is 3. The number of hydrogen-bond acceptors (Lipinski definition) is 5. The minimum absolute atomic E-state index is 0.167. The SMILES string of the molecule is C[N+](C)=C(OC(=O)c1ccccc1)C(c1ccccc1)c1ccccc1.O=S(=O)([O-])C(F)(F)F. The molecule has 0 spiro atoms. The molecule has 0 fully saturated rings. The topological polar surface area (TPSA) is 86.5 Å². The average molecular weight is 494 g/mol. The Morgan fingerprint density at radius 3 is 1.50 bits per heavy atom. The first-order valence-electron chi connectivity index (χ1n) is 9.85. The zero-order valence-electron chi connectivity index (χ0n) is 18.3. The molecule has 0 heterocycles. The maximum Gasteiger partial charge on any atom is 0.485 e. The lowest BCUT2D eigenvalue weighted by atomic mass is 9.91. The van der Waals surface area contributed by atoms with E-state index < -0.39 is 15.6 Å². The van der Waals surface area contributed by atoms with Crippen molar-refractivity contribution in [1.82, 2.24) is 0 Å². The largest absolute Gasteiger partial charge is 0.741 e. The highest BCUT2D eigenvalue weighted by atomic mass is 32.2. The van der Waals surface area contributed by atoms with Gasteiger partial charge in [0.15, 0.2) is 10.1 Å². The minimum atomic E-state index is -6.09. The summed E-state index contributed by atoms with van der Waals surface area (Å²) in [5.74, 6) is 0.0717. The van der Waals surface area contributed by atoms with Gasteiger partial charge in [-0.3, -0.25) is 0 Å². The van der Waals surface area contributed by atoms with Crippen molar-refractivity contribution in [2.45, 2.75) is 11.4 Å². The molecule has 0 aliphatic rings. The van der Waals surface area contributed by atoms with E-state index in [1.54, 1.807) is 12.1 Å². The molecule has 180 valence electrons. The maximum atomic E-state index is 12.7. The van der Waals surface area contributed by atoms with Gasteiger partial charge in [-0.05, 0) is 23.3 Å². The Bertz CT molecular complexity index is 1170. The van der Waals surface area contributed by atoms with Gasteiger partial charge in [-0.1, -0.05) is 78.9 Å². The molecule has 0 aromatic heterocycles. The second-order valence-corrected chi connectivity index (χ2v) is 8.51. The number of esters is 1. The van der Waals surface area contributed by atoms with Crippen LogP contribution < -0.4 is 0 Å². The highest BCUT2D eigenvalue weighted by Gasteiger charge is 2.37. The summed E-state index contributed by atoms with van der Waals surface area (Å²) in [5, 5.41) is 0. The van der Waals surface area contributed by atoms with E-state index >= 15 is 0 Å². The van der Waals surface area contributed by atoms with Crippen molar-refractivity contribution in [2.75, 3.05) is 14.1 Å². The molecular weight excluding hydrogens is 471 g/mol. The third kappa shape index (κ3) is 7.53. The van der Waals surface area contributed by atoms with Crippen molar-refractivity contribution in [3.05, 3.63) is 108 Å². The van der Waals surface area contributed by atoms with Crippen LogP contribution in [0, 0.1) is 0 Å². The van der Waals surface area contributed by atoms with Crippen molar-refractivity contribution >= 4 is 22.0 Å². The first-order valence-corrected chi connectivity index (χ1v) is 11.3. The van der Waals surface area contributed by atoms with E-state index in [1.807, 2.05) is 73.3 Å². The molecule has 0 aliphatic carbocycles. The smallest absolute Gasteiger partial charge is 0.485 e. The van der Waals surface area contributed by atoms with Crippen molar-refractivity contribution in [1.29, 1.82) is 0 Å². The van der Waals surface area contributed by atoms with Crippen molar-refractivity contribution in [2.24, 2.45) is 0 Å². The molecule has 6 nitrogen and oxygen atoms in total. The summed E-state index contributed by atoms with van der Waals surface area (Å²) < 4.78 is 66.6. The van der Waals surface area contributed by atoms with Gasteiger partial charge < -0.3 is 9.29 Å². The van der Waals surface area contributed by atoms with Gasteiger partial charge in [0, 0.05) is 0 Å². The second-order valence-electron chi connectivity index (χ2n) is 7.14. The standard InChI is InChI=1S/C23H22NO2.CHF3O3S/c1-24(2)22(26-23(25)20-16-10-5-11-17-20)21(18-12-6-3-7-13-18)19-14-8-4-9-15-19;2-1(3,4)8(5,6)7/h3-17,21H,1-2H3;(H,5,6,7)/q+1;/p-1. The number of carbonyl (C=O) groups excluding carboxylic acids is 1. The van der Waals surface area contributed by atoms with Crippen molar-refractivity contribution in [3.8, 4) is 0 Å². The van der Waals surface area contributed by atoms with Crippen LogP contribution in [0.5, 0.6) is 0 Å². The van der Waals surface area contributed by atoms with E-state index in [2.05, 4.69) is 24.3 Å². The van der Waals surface area contributed by atoms with Crippen LogP contribution in [-0.4, -0.2) is 49.0 Å². The van der Waals surface area contributed by atoms with Crippen molar-refractivity contribution < 1.29 is 40.2 Å². The van der Waals surface area contributed by atoms with E-state index in [-0.39, 0.29) is 11.9 Å². The Labute approximate surface area is 195 Å². The number of hydrogen-bond donors (Lipinski definition) is 0. The summed E-state index contributed by atoms with van der Waals surface area (Å²) >= 11 is 0. The molecule has 0 unspecified atom stereocenters. The molecule has 0 bridgehead atoms. The van der Waals surface area contributed by atoms with Crippen molar-refractivity contribution in [3.63, 3.8) is 0 Å². The molecule has 3 aromatic rings. The van der Waals surface area contributed by atoms with Gasteiger partial charge in [-0.2, -0.15) is 13.2 Å². The highest BCUT2D eigenvalue weighted by molar-refractivity contribution is 7.86. The number of nitrogens with zero attached hydrogens (tertiary/aromatic N) is 1. The highest BCUT2D eigenvalue weighted by Crippen LogP contribution is 2.27. The molecule has 0 saturated carbocycles. The minimum Gasteiger partial charge on any atom is -0.741 e. The van der Waals surface area contributed by atoms with E-state index in [9.17, 15) is 18.0 Å². The Kier molecular flexibility index (Phi) is 9.11. The molecular formula is C24H22F3NO5S. The predicted octanol–water partition coefficient (Wildman–Crippen LogP) is 4.40. The van der Waals surface area contributed by atoms with E-state index in [0.29, 0.717) is 11.5 Å². The Balaban J connectivity index is 0.000000440. The summed E-state index contributed by atoms with van der Waals surface area (Å²) in [6, 6.07) is 29.2. The molecule has 0 aliphatic heterocycles. The van der Waals surface area contributed by atoms with Gasteiger partial charge in [0.25, 0.3) is 0 Å². The van der Waals surface area contributed by atoms with Crippen LogP contribution in [0.1, 0.15) is 27.4 Å². The lowest BCUT2D eigenvalue weighted by molar-refractivity contribution is -0.474. The first kappa shape index (κ1) is 26.7. The number of alkyl halides is 3. The summed E-state index contributed by atoms with van der Waals surface area (Å²) in [6.07, 6.45) is 0. The van der Waals surface area contributed by atoms with E-state index in [4.69, 9.17) is 17.7 Å². The molecule has 34 heavy (non-hydrogen) atoms. The van der Waals surface area contributed by atoms with Crippen LogP contribution in [0.25, 0.3) is 0 Å². The zero-order chi connectivity index (χ0) is 25.4. The molecule has 0 atom stereocenters. The molecule has 0 N–H and O–H groups in total. The molecule has 0 saturated heterocycles. The first-order chi connectivity index (χ1) is 15.9. The maximum absolute atomic E-state index is 12.7. The molecule has 3 rings (SSSR count). The quantitative estimate of drug-likeness (QED) is 0.134.